The van der Waals surface area contributed by atoms with Gasteiger partial charge in [0.25, 0.3) is 0 Å². The molecule has 2 heterocycles. The van der Waals surface area contributed by atoms with Gasteiger partial charge in [-0.1, -0.05) is 5.21 Å². The van der Waals surface area contributed by atoms with Crippen LogP contribution < -0.4 is 5.32 Å². The van der Waals surface area contributed by atoms with E-state index in [0.29, 0.717) is 0 Å². The number of aromatic carboxylic acids is 1. The third-order valence-corrected chi connectivity index (χ3v) is 3.27. The highest BCUT2D eigenvalue weighted by Gasteiger charge is 2.31. The van der Waals surface area contributed by atoms with E-state index in [0.717, 1.165) is 31.6 Å². The van der Waals surface area contributed by atoms with Crippen molar-refractivity contribution in [2.45, 2.75) is 45.1 Å². The minimum absolute atomic E-state index is 0.108. The summed E-state index contributed by atoms with van der Waals surface area (Å²) in [5.41, 5.74) is 0.634. The van der Waals surface area contributed by atoms with Crippen molar-refractivity contribution in [3.63, 3.8) is 0 Å². The van der Waals surface area contributed by atoms with Crippen LogP contribution in [0, 0.1) is 0 Å². The quantitative estimate of drug-likeness (QED) is 0.826. The number of nitrogens with one attached hydrogen (secondary N) is 1. The van der Waals surface area contributed by atoms with E-state index < -0.39 is 5.97 Å². The normalized spacial score (nSPS) is 17.9. The van der Waals surface area contributed by atoms with Crippen molar-refractivity contribution in [2.24, 2.45) is 0 Å². The van der Waals surface area contributed by atoms with Gasteiger partial charge < -0.3 is 10.4 Å². The fraction of sp³-hybridized carbons (Fsp3) is 0.750. The van der Waals surface area contributed by atoms with Crippen LogP contribution in [-0.4, -0.2) is 39.2 Å². The number of hydrogen-bond acceptors (Lipinski definition) is 4. The summed E-state index contributed by atoms with van der Waals surface area (Å²) in [6.45, 7) is 7.87. The van der Waals surface area contributed by atoms with Crippen molar-refractivity contribution in [2.75, 3.05) is 13.1 Å². The lowest BCUT2D eigenvalue weighted by atomic mass is 9.92. The maximum absolute atomic E-state index is 11.3. The Labute approximate surface area is 106 Å². The maximum Gasteiger partial charge on any atom is 0.358 e. The topological polar surface area (TPSA) is 80.0 Å². The molecular weight excluding hydrogens is 232 g/mol. The fourth-order valence-corrected chi connectivity index (χ4v) is 2.40. The van der Waals surface area contributed by atoms with Crippen molar-refractivity contribution in [3.8, 4) is 0 Å². The molecule has 1 aliphatic rings. The van der Waals surface area contributed by atoms with Gasteiger partial charge in [-0.15, -0.1) is 5.10 Å². The first-order chi connectivity index (χ1) is 8.41. The second kappa shape index (κ2) is 4.68. The molecule has 2 N–H and O–H groups in total. The molecule has 6 nitrogen and oxygen atoms in total. The lowest BCUT2D eigenvalue weighted by Gasteiger charge is -2.28. The van der Waals surface area contributed by atoms with Crippen LogP contribution >= 0.6 is 0 Å². The van der Waals surface area contributed by atoms with Crippen LogP contribution in [0.5, 0.6) is 0 Å². The molecular formula is C12H20N4O2. The number of carboxylic acids is 1. The van der Waals surface area contributed by atoms with Gasteiger partial charge in [0.05, 0.1) is 11.2 Å². The Balaban J connectivity index is 2.46. The van der Waals surface area contributed by atoms with Gasteiger partial charge >= 0.3 is 5.97 Å². The first-order valence-corrected chi connectivity index (χ1v) is 6.31. The first-order valence-electron chi connectivity index (χ1n) is 6.31. The molecule has 2 rings (SSSR count). The lowest BCUT2D eigenvalue weighted by Crippen LogP contribution is -2.32. The zero-order chi connectivity index (χ0) is 13.3. The third-order valence-electron chi connectivity index (χ3n) is 3.27. The molecule has 0 aromatic carbocycles. The number of piperidine rings is 1. The Bertz CT molecular complexity index is 441. The number of nitrogens with zero attached hydrogens (tertiary/aromatic N) is 3. The standard InChI is InChI=1S/C12H20N4O2/c1-12(2,3)16-10(8-4-6-13-7-5-8)9(11(17)18)14-15-16/h8,13H,4-7H2,1-3H3,(H,17,18). The average molecular weight is 252 g/mol. The Kier molecular flexibility index (Phi) is 3.38. The van der Waals surface area contributed by atoms with Crippen LogP contribution in [0.1, 0.15) is 55.7 Å². The molecule has 1 aromatic heterocycles. The summed E-state index contributed by atoms with van der Waals surface area (Å²) in [4.78, 5) is 11.3. The maximum atomic E-state index is 11.3. The Morgan fingerprint density at radius 3 is 2.50 bits per heavy atom. The highest BCUT2D eigenvalue weighted by Crippen LogP contribution is 2.30. The van der Waals surface area contributed by atoms with E-state index in [4.69, 9.17) is 0 Å². The summed E-state index contributed by atoms with van der Waals surface area (Å²) < 4.78 is 1.77. The number of rotatable bonds is 2. The van der Waals surface area contributed by atoms with Gasteiger partial charge in [0.1, 0.15) is 0 Å². The van der Waals surface area contributed by atoms with Crippen molar-refractivity contribution >= 4 is 5.97 Å². The molecule has 18 heavy (non-hydrogen) atoms. The predicted octanol–water partition coefficient (Wildman–Crippen LogP) is 1.20. The van der Waals surface area contributed by atoms with E-state index in [2.05, 4.69) is 15.6 Å². The van der Waals surface area contributed by atoms with Crippen LogP contribution in [-0.2, 0) is 5.54 Å². The second-order valence-electron chi connectivity index (χ2n) is 5.74. The number of carbonyl (C=O) groups is 1. The molecule has 0 spiro atoms. The predicted molar refractivity (Wildman–Crippen MR) is 66.8 cm³/mol. The van der Waals surface area contributed by atoms with E-state index in [9.17, 15) is 9.90 Å². The van der Waals surface area contributed by atoms with Crippen molar-refractivity contribution in [1.29, 1.82) is 0 Å². The summed E-state index contributed by atoms with van der Waals surface area (Å²) in [7, 11) is 0. The van der Waals surface area contributed by atoms with Gasteiger partial charge in [0.2, 0.25) is 0 Å². The van der Waals surface area contributed by atoms with E-state index in [1.165, 1.54) is 0 Å². The summed E-state index contributed by atoms with van der Waals surface area (Å²) in [6, 6.07) is 0. The molecule has 0 aliphatic carbocycles. The smallest absolute Gasteiger partial charge is 0.358 e. The zero-order valence-corrected chi connectivity index (χ0v) is 11.1. The molecule has 0 bridgehead atoms. The van der Waals surface area contributed by atoms with Crippen molar-refractivity contribution < 1.29 is 9.90 Å². The Hall–Kier alpha value is -1.43. The Morgan fingerprint density at radius 1 is 1.39 bits per heavy atom. The van der Waals surface area contributed by atoms with E-state index in [1.54, 1.807) is 4.68 Å². The molecule has 100 valence electrons. The SMILES string of the molecule is CC(C)(C)n1nnc(C(=O)O)c1C1CCNCC1. The van der Waals surface area contributed by atoms with Gasteiger partial charge in [0.15, 0.2) is 5.69 Å². The molecule has 0 radical (unpaired) electrons. The zero-order valence-electron chi connectivity index (χ0n) is 11.1. The molecule has 1 fully saturated rings. The van der Waals surface area contributed by atoms with Crippen molar-refractivity contribution in [3.05, 3.63) is 11.4 Å². The largest absolute Gasteiger partial charge is 0.476 e. The average Bonchev–Trinajstić information content (AvgIpc) is 2.74. The molecule has 0 amide bonds. The van der Waals surface area contributed by atoms with Crippen LogP contribution in [0.3, 0.4) is 0 Å². The molecule has 1 aromatic rings. The van der Waals surface area contributed by atoms with Gasteiger partial charge in [-0.2, -0.15) is 0 Å². The van der Waals surface area contributed by atoms with Gasteiger partial charge in [-0.25, -0.2) is 9.48 Å². The van der Waals surface area contributed by atoms with Gasteiger partial charge in [-0.05, 0) is 46.7 Å². The lowest BCUT2D eigenvalue weighted by molar-refractivity contribution is 0.0688. The van der Waals surface area contributed by atoms with Crippen LogP contribution in [0.25, 0.3) is 0 Å². The fourth-order valence-electron chi connectivity index (χ4n) is 2.40. The molecule has 1 saturated heterocycles. The molecule has 0 unspecified atom stereocenters. The summed E-state index contributed by atoms with van der Waals surface area (Å²) in [5, 5.41) is 20.4. The van der Waals surface area contributed by atoms with E-state index >= 15 is 0 Å². The molecule has 6 heteroatoms. The van der Waals surface area contributed by atoms with Crippen LogP contribution in [0.4, 0.5) is 0 Å². The summed E-state index contributed by atoms with van der Waals surface area (Å²) in [5.74, 6) is -0.759. The molecule has 1 aliphatic heterocycles. The summed E-state index contributed by atoms with van der Waals surface area (Å²) >= 11 is 0. The molecule has 0 saturated carbocycles. The second-order valence-corrected chi connectivity index (χ2v) is 5.74. The monoisotopic (exact) mass is 252 g/mol. The van der Waals surface area contributed by atoms with Gasteiger partial charge in [-0.3, -0.25) is 0 Å². The van der Waals surface area contributed by atoms with E-state index in [1.807, 2.05) is 20.8 Å². The molecule has 0 atom stereocenters. The van der Waals surface area contributed by atoms with Crippen molar-refractivity contribution in [1.82, 2.24) is 20.3 Å². The number of carboxylic acid groups (broad SMARTS) is 1. The van der Waals surface area contributed by atoms with Crippen LogP contribution in [0.2, 0.25) is 0 Å². The Morgan fingerprint density at radius 2 is 2.00 bits per heavy atom. The highest BCUT2D eigenvalue weighted by atomic mass is 16.4. The minimum atomic E-state index is -0.987. The summed E-state index contributed by atoms with van der Waals surface area (Å²) in [6.07, 6.45) is 1.87. The first kappa shape index (κ1) is 13.0. The van der Waals surface area contributed by atoms with E-state index in [-0.39, 0.29) is 17.2 Å². The number of aromatic nitrogens is 3. The minimum Gasteiger partial charge on any atom is -0.476 e. The highest BCUT2D eigenvalue weighted by molar-refractivity contribution is 5.86. The third kappa shape index (κ3) is 2.38. The van der Waals surface area contributed by atoms with Gasteiger partial charge in [0, 0.05) is 5.92 Å². The van der Waals surface area contributed by atoms with Crippen LogP contribution in [0.15, 0.2) is 0 Å². The number of hydrogen-bond donors (Lipinski definition) is 2.